The van der Waals surface area contributed by atoms with E-state index in [1.54, 1.807) is 35.2 Å². The SMILES string of the molecule is C=C/C=C\C(=C/C)CNC(=O)[C@@H]1c2ccccc2C(=O)N([C@H]2CCCC[C@@H]2NS(C)(=O)=O)[C@H]1c1ccc(Cl)cc1. The van der Waals surface area contributed by atoms with E-state index in [9.17, 15) is 18.0 Å². The summed E-state index contributed by atoms with van der Waals surface area (Å²) >= 11 is 6.23. The highest BCUT2D eigenvalue weighted by Crippen LogP contribution is 2.46. The van der Waals surface area contributed by atoms with Crippen LogP contribution in [-0.2, 0) is 14.8 Å². The summed E-state index contributed by atoms with van der Waals surface area (Å²) in [6, 6.07) is 12.8. The molecule has 1 fully saturated rings. The molecule has 1 saturated carbocycles. The van der Waals surface area contributed by atoms with Gasteiger partial charge >= 0.3 is 0 Å². The molecule has 2 aromatic rings. The molecule has 0 aromatic heterocycles. The van der Waals surface area contributed by atoms with Gasteiger partial charge in [0.25, 0.3) is 5.91 Å². The summed E-state index contributed by atoms with van der Waals surface area (Å²) in [6.07, 6.45) is 11.4. The molecule has 2 amide bonds. The predicted molar refractivity (Wildman–Crippen MR) is 160 cm³/mol. The fraction of sp³-hybridized carbons (Fsp3) is 0.355. The zero-order valence-corrected chi connectivity index (χ0v) is 24.4. The highest BCUT2D eigenvalue weighted by atomic mass is 35.5. The molecule has 40 heavy (non-hydrogen) atoms. The first-order valence-electron chi connectivity index (χ1n) is 13.5. The van der Waals surface area contributed by atoms with Gasteiger partial charge in [-0.1, -0.05) is 85.7 Å². The smallest absolute Gasteiger partial charge is 0.255 e. The molecule has 1 heterocycles. The van der Waals surface area contributed by atoms with Crippen molar-refractivity contribution in [3.05, 3.63) is 107 Å². The molecule has 1 aliphatic heterocycles. The Bertz CT molecular complexity index is 1420. The number of benzene rings is 2. The van der Waals surface area contributed by atoms with Crippen molar-refractivity contribution in [2.75, 3.05) is 12.8 Å². The van der Waals surface area contributed by atoms with E-state index in [0.29, 0.717) is 35.5 Å². The first-order chi connectivity index (χ1) is 19.1. The van der Waals surface area contributed by atoms with Crippen LogP contribution in [0.5, 0.6) is 0 Å². The van der Waals surface area contributed by atoms with Crippen molar-refractivity contribution in [1.29, 1.82) is 0 Å². The van der Waals surface area contributed by atoms with Gasteiger partial charge in [0.2, 0.25) is 15.9 Å². The van der Waals surface area contributed by atoms with Gasteiger partial charge in [0, 0.05) is 29.2 Å². The fourth-order valence-corrected chi connectivity index (χ4v) is 6.77. The maximum atomic E-state index is 14.2. The van der Waals surface area contributed by atoms with Crippen molar-refractivity contribution in [1.82, 2.24) is 14.9 Å². The average molecular weight is 582 g/mol. The highest BCUT2D eigenvalue weighted by Gasteiger charge is 2.48. The van der Waals surface area contributed by atoms with Crippen molar-refractivity contribution in [3.63, 3.8) is 0 Å². The van der Waals surface area contributed by atoms with Gasteiger partial charge in [0.1, 0.15) is 0 Å². The number of hydrogen-bond acceptors (Lipinski definition) is 4. The van der Waals surface area contributed by atoms with Gasteiger partial charge in [-0.15, -0.1) is 0 Å². The number of carbonyl (C=O) groups is 2. The van der Waals surface area contributed by atoms with E-state index in [1.165, 1.54) is 0 Å². The molecule has 7 nitrogen and oxygen atoms in total. The molecule has 0 spiro atoms. The van der Waals surface area contributed by atoms with Crippen molar-refractivity contribution in [2.45, 2.75) is 56.7 Å². The van der Waals surface area contributed by atoms with Crippen LogP contribution in [0.2, 0.25) is 5.02 Å². The number of rotatable bonds is 9. The lowest BCUT2D eigenvalue weighted by molar-refractivity contribution is -0.124. The number of hydrogen-bond donors (Lipinski definition) is 2. The topological polar surface area (TPSA) is 95.6 Å². The maximum Gasteiger partial charge on any atom is 0.255 e. The molecule has 2 aliphatic rings. The lowest BCUT2D eigenvalue weighted by atomic mass is 9.76. The van der Waals surface area contributed by atoms with Gasteiger partial charge in [-0.3, -0.25) is 9.59 Å². The van der Waals surface area contributed by atoms with E-state index in [-0.39, 0.29) is 11.8 Å². The van der Waals surface area contributed by atoms with Gasteiger partial charge in [-0.05, 0) is 54.7 Å². The molecule has 9 heteroatoms. The number of nitrogens with zero attached hydrogens (tertiary/aromatic N) is 1. The Morgan fingerprint density at radius 3 is 2.50 bits per heavy atom. The Kier molecular flexibility index (Phi) is 9.66. The summed E-state index contributed by atoms with van der Waals surface area (Å²) in [4.78, 5) is 30.1. The Morgan fingerprint density at radius 1 is 1.12 bits per heavy atom. The summed E-state index contributed by atoms with van der Waals surface area (Å²) in [5.41, 5.74) is 2.77. The van der Waals surface area contributed by atoms with Crippen LogP contribution in [0.4, 0.5) is 0 Å². The number of halogens is 1. The molecular weight excluding hydrogens is 546 g/mol. The maximum absolute atomic E-state index is 14.2. The van der Waals surface area contributed by atoms with Gasteiger partial charge in [0.15, 0.2) is 0 Å². The second-order valence-corrected chi connectivity index (χ2v) is 12.5. The second kappa shape index (κ2) is 13.0. The summed E-state index contributed by atoms with van der Waals surface area (Å²) in [6.45, 7) is 5.92. The molecule has 0 radical (unpaired) electrons. The molecule has 0 bridgehead atoms. The molecule has 0 unspecified atom stereocenters. The standard InChI is InChI=1S/C31H36ClN3O4S/c1-4-6-11-21(5-2)20-33-30(36)28-24-12-7-8-13-25(24)31(37)35(29(28)22-16-18-23(32)19-17-22)27-15-10-9-14-26(27)34-40(3,38)39/h4-8,11-13,16-19,26-29,34H,1,9-10,14-15,20H2,2-3H3,(H,33,36)/b11-6-,21-5+/t26-,27-,28+,29-/m0/s1. The van der Waals surface area contributed by atoms with Crippen LogP contribution < -0.4 is 10.0 Å². The van der Waals surface area contributed by atoms with E-state index in [0.717, 1.165) is 30.2 Å². The van der Waals surface area contributed by atoms with E-state index in [2.05, 4.69) is 16.6 Å². The van der Waals surface area contributed by atoms with Gasteiger partial charge in [-0.25, -0.2) is 13.1 Å². The van der Waals surface area contributed by atoms with Crippen molar-refractivity contribution >= 4 is 33.4 Å². The monoisotopic (exact) mass is 581 g/mol. The van der Waals surface area contributed by atoms with E-state index >= 15 is 0 Å². The highest BCUT2D eigenvalue weighted by molar-refractivity contribution is 7.88. The van der Waals surface area contributed by atoms with Crippen LogP contribution in [0.25, 0.3) is 0 Å². The molecule has 0 saturated heterocycles. The van der Waals surface area contributed by atoms with Crippen LogP contribution in [0.1, 0.15) is 66.1 Å². The molecule has 2 aromatic carbocycles. The first-order valence-corrected chi connectivity index (χ1v) is 15.8. The van der Waals surface area contributed by atoms with Gasteiger partial charge in [0.05, 0.1) is 18.2 Å². The Labute approximate surface area is 242 Å². The van der Waals surface area contributed by atoms with Crippen LogP contribution in [0, 0.1) is 0 Å². The minimum atomic E-state index is -3.52. The summed E-state index contributed by atoms with van der Waals surface area (Å²) < 4.78 is 27.4. The number of sulfonamides is 1. The fourth-order valence-electron chi connectivity index (χ4n) is 5.82. The van der Waals surface area contributed by atoms with Gasteiger partial charge < -0.3 is 10.2 Å². The van der Waals surface area contributed by atoms with Crippen LogP contribution in [0.15, 0.2) is 85.0 Å². The summed E-state index contributed by atoms with van der Waals surface area (Å²) in [5, 5.41) is 3.63. The van der Waals surface area contributed by atoms with Crippen molar-refractivity contribution < 1.29 is 18.0 Å². The largest absolute Gasteiger partial charge is 0.351 e. The van der Waals surface area contributed by atoms with Crippen LogP contribution >= 0.6 is 11.6 Å². The van der Waals surface area contributed by atoms with Crippen LogP contribution in [-0.4, -0.2) is 50.0 Å². The molecule has 4 rings (SSSR count). The zero-order valence-electron chi connectivity index (χ0n) is 22.8. The van der Waals surface area contributed by atoms with Crippen molar-refractivity contribution in [3.8, 4) is 0 Å². The third-order valence-electron chi connectivity index (χ3n) is 7.61. The quantitative estimate of drug-likeness (QED) is 0.394. The molecular formula is C31H36ClN3O4S. The van der Waals surface area contributed by atoms with Crippen molar-refractivity contribution in [2.24, 2.45) is 0 Å². The molecule has 4 atom stereocenters. The number of fused-ring (bicyclic) bond motifs is 1. The van der Waals surface area contributed by atoms with E-state index in [1.807, 2.05) is 49.4 Å². The number of nitrogens with one attached hydrogen (secondary N) is 2. The van der Waals surface area contributed by atoms with E-state index in [4.69, 9.17) is 11.6 Å². The minimum Gasteiger partial charge on any atom is -0.351 e. The zero-order chi connectivity index (χ0) is 28.9. The Hall–Kier alpha value is -3.20. The van der Waals surface area contributed by atoms with Gasteiger partial charge in [-0.2, -0.15) is 0 Å². The second-order valence-electron chi connectivity index (χ2n) is 10.3. The molecule has 1 aliphatic carbocycles. The number of allylic oxidation sites excluding steroid dienone is 3. The molecule has 2 N–H and O–H groups in total. The number of amides is 2. The van der Waals surface area contributed by atoms with Crippen LogP contribution in [0.3, 0.4) is 0 Å². The predicted octanol–water partition coefficient (Wildman–Crippen LogP) is 5.29. The third-order valence-corrected chi connectivity index (χ3v) is 8.59. The first kappa shape index (κ1) is 29.8. The lowest BCUT2D eigenvalue weighted by Crippen LogP contribution is -2.59. The summed E-state index contributed by atoms with van der Waals surface area (Å²) in [5.74, 6) is -1.16. The summed E-state index contributed by atoms with van der Waals surface area (Å²) in [7, 11) is -3.52. The minimum absolute atomic E-state index is 0.213. The Balaban J connectivity index is 1.84. The molecule has 212 valence electrons. The number of carbonyl (C=O) groups excluding carboxylic acids is 2. The average Bonchev–Trinajstić information content (AvgIpc) is 2.93. The third kappa shape index (κ3) is 6.74. The van der Waals surface area contributed by atoms with E-state index < -0.39 is 34.1 Å². The lowest BCUT2D eigenvalue weighted by Gasteiger charge is -2.49. The normalized spacial score (nSPS) is 23.6. The Morgan fingerprint density at radius 2 is 1.82 bits per heavy atom.